The van der Waals surface area contributed by atoms with Crippen molar-refractivity contribution in [2.75, 3.05) is 39.4 Å². The number of rotatable bonds is 6. The third kappa shape index (κ3) is 4.46. The van der Waals surface area contributed by atoms with Gasteiger partial charge in [0.15, 0.2) is 11.3 Å². The summed E-state index contributed by atoms with van der Waals surface area (Å²) in [5.74, 6) is -0.432. The van der Waals surface area contributed by atoms with Crippen molar-refractivity contribution in [2.24, 2.45) is 0 Å². The van der Waals surface area contributed by atoms with Crippen LogP contribution in [0.5, 0.6) is 0 Å². The number of nitrogens with zero attached hydrogens (tertiary/aromatic N) is 4. The second kappa shape index (κ2) is 7.81. The first kappa shape index (κ1) is 18.9. The van der Waals surface area contributed by atoms with Gasteiger partial charge in [-0.05, 0) is 37.6 Å². The first-order valence-corrected chi connectivity index (χ1v) is 8.75. The number of alkyl halides is 3. The number of ether oxygens (including phenoxy) is 1. The molecule has 0 atom stereocenters. The van der Waals surface area contributed by atoms with Crippen LogP contribution in [-0.2, 0) is 10.1 Å². The molecule has 2 aromatic heterocycles. The van der Waals surface area contributed by atoms with Crippen LogP contribution in [-0.4, -0.2) is 64.8 Å². The molecule has 0 aromatic carbocycles. The second-order valence-electron chi connectivity index (χ2n) is 6.14. The molecule has 0 radical (unpaired) electrons. The SMILES string of the molecule is Cc1cc(C(F)(F)Cl)n2nc(C(=O)NCCCN3CCOCC3)cc2n1. The van der Waals surface area contributed by atoms with Gasteiger partial charge in [-0.25, -0.2) is 9.50 Å². The summed E-state index contributed by atoms with van der Waals surface area (Å²) >= 11 is 5.14. The monoisotopic (exact) mass is 387 g/mol. The maximum atomic E-state index is 13.6. The van der Waals surface area contributed by atoms with E-state index in [1.165, 1.54) is 6.07 Å². The van der Waals surface area contributed by atoms with Gasteiger partial charge in [0, 0.05) is 31.4 Å². The summed E-state index contributed by atoms with van der Waals surface area (Å²) in [6.07, 6.45) is 0.779. The Labute approximate surface area is 154 Å². The zero-order chi connectivity index (χ0) is 18.7. The van der Waals surface area contributed by atoms with E-state index < -0.39 is 17.0 Å². The predicted octanol–water partition coefficient (Wildman–Crippen LogP) is 1.78. The summed E-state index contributed by atoms with van der Waals surface area (Å²) < 4.78 is 33.3. The van der Waals surface area contributed by atoms with Crippen LogP contribution in [0.15, 0.2) is 12.1 Å². The van der Waals surface area contributed by atoms with Crippen molar-refractivity contribution in [1.82, 2.24) is 24.8 Å². The summed E-state index contributed by atoms with van der Waals surface area (Å²) in [5.41, 5.74) is 0.0219. The lowest BCUT2D eigenvalue weighted by Crippen LogP contribution is -2.38. The van der Waals surface area contributed by atoms with E-state index in [9.17, 15) is 13.6 Å². The Balaban J connectivity index is 1.63. The molecule has 7 nitrogen and oxygen atoms in total. The molecule has 26 heavy (non-hydrogen) atoms. The number of carbonyl (C=O) groups is 1. The molecule has 1 amide bonds. The topological polar surface area (TPSA) is 71.8 Å². The fraction of sp³-hybridized carbons (Fsp3) is 0.562. The molecule has 142 valence electrons. The summed E-state index contributed by atoms with van der Waals surface area (Å²) in [5, 5.41) is 3.08. The van der Waals surface area contributed by atoms with Crippen molar-refractivity contribution in [2.45, 2.75) is 18.7 Å². The fourth-order valence-corrected chi connectivity index (χ4v) is 2.97. The highest BCUT2D eigenvalue weighted by Gasteiger charge is 2.32. The number of halogens is 3. The van der Waals surface area contributed by atoms with Crippen LogP contribution in [0.4, 0.5) is 8.78 Å². The number of aromatic nitrogens is 3. The highest BCUT2D eigenvalue weighted by Crippen LogP contribution is 2.32. The number of amides is 1. The van der Waals surface area contributed by atoms with E-state index in [1.54, 1.807) is 6.92 Å². The van der Waals surface area contributed by atoms with Gasteiger partial charge in [0.2, 0.25) is 0 Å². The molecule has 1 N–H and O–H groups in total. The van der Waals surface area contributed by atoms with Gasteiger partial charge < -0.3 is 10.1 Å². The number of hydrogen-bond donors (Lipinski definition) is 1. The van der Waals surface area contributed by atoms with E-state index in [-0.39, 0.29) is 11.3 Å². The maximum absolute atomic E-state index is 13.6. The molecule has 0 spiro atoms. The van der Waals surface area contributed by atoms with Gasteiger partial charge in [0.1, 0.15) is 5.69 Å². The van der Waals surface area contributed by atoms with E-state index >= 15 is 0 Å². The van der Waals surface area contributed by atoms with E-state index in [2.05, 4.69) is 20.3 Å². The van der Waals surface area contributed by atoms with E-state index in [0.29, 0.717) is 12.2 Å². The Morgan fingerprint density at radius 1 is 1.38 bits per heavy atom. The molecule has 3 heterocycles. The molecule has 1 saturated heterocycles. The number of morpholine rings is 1. The average molecular weight is 388 g/mol. The fourth-order valence-electron chi connectivity index (χ4n) is 2.83. The third-order valence-corrected chi connectivity index (χ3v) is 4.31. The van der Waals surface area contributed by atoms with Crippen LogP contribution in [0, 0.1) is 6.92 Å². The van der Waals surface area contributed by atoms with Crippen LogP contribution in [0.1, 0.15) is 28.3 Å². The number of hydrogen-bond acceptors (Lipinski definition) is 5. The van der Waals surface area contributed by atoms with Gasteiger partial charge in [-0.15, -0.1) is 0 Å². The molecule has 1 fully saturated rings. The van der Waals surface area contributed by atoms with Gasteiger partial charge in [-0.3, -0.25) is 9.69 Å². The van der Waals surface area contributed by atoms with E-state index in [1.807, 2.05) is 0 Å². The Morgan fingerprint density at radius 3 is 2.81 bits per heavy atom. The van der Waals surface area contributed by atoms with Crippen molar-refractivity contribution >= 4 is 23.2 Å². The molecule has 2 aromatic rings. The van der Waals surface area contributed by atoms with Crippen LogP contribution in [0.2, 0.25) is 0 Å². The number of nitrogens with one attached hydrogen (secondary N) is 1. The zero-order valence-electron chi connectivity index (χ0n) is 14.3. The van der Waals surface area contributed by atoms with Gasteiger partial charge >= 0.3 is 5.38 Å². The van der Waals surface area contributed by atoms with Gasteiger partial charge in [0.05, 0.1) is 13.2 Å². The minimum Gasteiger partial charge on any atom is -0.379 e. The summed E-state index contributed by atoms with van der Waals surface area (Å²) in [7, 11) is 0. The number of aryl methyl sites for hydroxylation is 1. The molecule has 1 aliphatic rings. The summed E-state index contributed by atoms with van der Waals surface area (Å²) in [6, 6.07) is 2.52. The first-order valence-electron chi connectivity index (χ1n) is 8.37. The first-order chi connectivity index (χ1) is 12.3. The Hall–Kier alpha value is -1.84. The van der Waals surface area contributed by atoms with Crippen molar-refractivity contribution in [3.63, 3.8) is 0 Å². The standard InChI is InChI=1S/C16H20ClF2N5O2/c1-11-9-13(16(17,18)19)24-14(21-11)10-12(22-24)15(25)20-3-2-4-23-5-7-26-8-6-23/h9-10H,2-8H2,1H3,(H,20,25). The smallest absolute Gasteiger partial charge is 0.364 e. The average Bonchev–Trinajstić information content (AvgIpc) is 3.01. The minimum absolute atomic E-state index is 0.0247. The van der Waals surface area contributed by atoms with Gasteiger partial charge in [0.25, 0.3) is 5.91 Å². The van der Waals surface area contributed by atoms with Crippen molar-refractivity contribution in [3.05, 3.63) is 29.2 Å². The zero-order valence-corrected chi connectivity index (χ0v) is 15.1. The highest BCUT2D eigenvalue weighted by molar-refractivity contribution is 6.21. The Morgan fingerprint density at radius 2 is 2.12 bits per heavy atom. The summed E-state index contributed by atoms with van der Waals surface area (Å²) in [4.78, 5) is 18.6. The Bertz CT molecular complexity index is 787. The highest BCUT2D eigenvalue weighted by atomic mass is 35.5. The molecule has 10 heteroatoms. The minimum atomic E-state index is -3.61. The molecule has 0 bridgehead atoms. The summed E-state index contributed by atoms with van der Waals surface area (Å²) in [6.45, 7) is 6.14. The van der Waals surface area contributed by atoms with Crippen LogP contribution >= 0.6 is 11.6 Å². The largest absolute Gasteiger partial charge is 0.379 e. The lowest BCUT2D eigenvalue weighted by Gasteiger charge is -2.26. The second-order valence-corrected chi connectivity index (χ2v) is 6.62. The number of fused-ring (bicyclic) bond motifs is 1. The molecule has 0 unspecified atom stereocenters. The predicted molar refractivity (Wildman–Crippen MR) is 91.7 cm³/mol. The van der Waals surface area contributed by atoms with E-state index in [4.69, 9.17) is 16.3 Å². The van der Waals surface area contributed by atoms with E-state index in [0.717, 1.165) is 49.9 Å². The molecule has 3 rings (SSSR count). The van der Waals surface area contributed by atoms with Crippen molar-refractivity contribution in [3.8, 4) is 0 Å². The van der Waals surface area contributed by atoms with Crippen LogP contribution < -0.4 is 5.32 Å². The quantitative estimate of drug-likeness (QED) is 0.604. The van der Waals surface area contributed by atoms with Crippen LogP contribution in [0.3, 0.4) is 0 Å². The maximum Gasteiger partial charge on any atom is 0.364 e. The number of carbonyl (C=O) groups excluding carboxylic acids is 1. The van der Waals surface area contributed by atoms with Crippen molar-refractivity contribution < 1.29 is 18.3 Å². The molecule has 0 saturated carbocycles. The lowest BCUT2D eigenvalue weighted by atomic mass is 10.3. The Kier molecular flexibility index (Phi) is 5.69. The van der Waals surface area contributed by atoms with Crippen molar-refractivity contribution in [1.29, 1.82) is 0 Å². The van der Waals surface area contributed by atoms with Gasteiger partial charge in [-0.2, -0.15) is 13.9 Å². The normalized spacial score (nSPS) is 16.2. The molecule has 0 aliphatic carbocycles. The van der Waals surface area contributed by atoms with Crippen LogP contribution in [0.25, 0.3) is 5.65 Å². The third-order valence-electron chi connectivity index (χ3n) is 4.12. The molecular weight excluding hydrogens is 368 g/mol. The lowest BCUT2D eigenvalue weighted by molar-refractivity contribution is 0.0374. The molecule has 1 aliphatic heterocycles. The van der Waals surface area contributed by atoms with Gasteiger partial charge in [-0.1, -0.05) is 0 Å². The molecular formula is C16H20ClF2N5O2.